The molecular formula is C18H30O3. The Labute approximate surface area is 129 Å². The molecule has 0 amide bonds. The molecule has 0 spiro atoms. The van der Waals surface area contributed by atoms with Crippen molar-refractivity contribution in [2.45, 2.75) is 65.9 Å². The SMILES string of the molecule is CCC1=CC(C[C@@H](CC)C[C@@H](C)CC)O/C1=C\C(=O)OC. The molecule has 1 aliphatic heterocycles. The molecule has 0 bridgehead atoms. The van der Waals surface area contributed by atoms with Gasteiger partial charge in [0.25, 0.3) is 0 Å². The van der Waals surface area contributed by atoms with Crippen molar-refractivity contribution in [3.63, 3.8) is 0 Å². The predicted octanol–water partition coefficient (Wildman–Crippen LogP) is 4.63. The van der Waals surface area contributed by atoms with E-state index in [2.05, 4.69) is 38.5 Å². The van der Waals surface area contributed by atoms with Gasteiger partial charge in [-0.3, -0.25) is 0 Å². The van der Waals surface area contributed by atoms with Gasteiger partial charge in [0, 0.05) is 0 Å². The monoisotopic (exact) mass is 294 g/mol. The highest BCUT2D eigenvalue weighted by atomic mass is 16.5. The fraction of sp³-hybridized carbons (Fsp3) is 0.722. The Hall–Kier alpha value is -1.25. The van der Waals surface area contributed by atoms with Gasteiger partial charge in [-0.25, -0.2) is 4.79 Å². The van der Waals surface area contributed by atoms with Crippen molar-refractivity contribution in [1.82, 2.24) is 0 Å². The van der Waals surface area contributed by atoms with Gasteiger partial charge >= 0.3 is 5.97 Å². The summed E-state index contributed by atoms with van der Waals surface area (Å²) in [6.07, 6.45) is 9.30. The van der Waals surface area contributed by atoms with Gasteiger partial charge < -0.3 is 9.47 Å². The molecule has 0 fully saturated rings. The molecule has 0 saturated heterocycles. The van der Waals surface area contributed by atoms with Gasteiger partial charge in [0.15, 0.2) is 0 Å². The molecule has 0 aromatic rings. The highest BCUT2D eigenvalue weighted by molar-refractivity contribution is 5.83. The maximum atomic E-state index is 11.4. The molecule has 3 atom stereocenters. The Morgan fingerprint density at radius 3 is 2.62 bits per heavy atom. The van der Waals surface area contributed by atoms with E-state index in [1.165, 1.54) is 32.4 Å². The summed E-state index contributed by atoms with van der Waals surface area (Å²) in [6, 6.07) is 0. The smallest absolute Gasteiger partial charge is 0.334 e. The molecule has 1 rings (SSSR count). The molecule has 3 heteroatoms. The number of methoxy groups -OCH3 is 1. The van der Waals surface area contributed by atoms with Crippen molar-refractivity contribution >= 4 is 5.97 Å². The van der Waals surface area contributed by atoms with Gasteiger partial charge in [-0.1, -0.05) is 40.5 Å². The lowest BCUT2D eigenvalue weighted by atomic mass is 9.88. The number of rotatable bonds is 8. The second-order valence-electron chi connectivity index (χ2n) is 5.99. The van der Waals surface area contributed by atoms with Crippen molar-refractivity contribution in [3.8, 4) is 0 Å². The van der Waals surface area contributed by atoms with E-state index in [9.17, 15) is 4.79 Å². The van der Waals surface area contributed by atoms with Crippen LogP contribution in [0.4, 0.5) is 0 Å². The first-order valence-electron chi connectivity index (χ1n) is 8.21. The number of hydrogen-bond donors (Lipinski definition) is 0. The average molecular weight is 294 g/mol. The van der Waals surface area contributed by atoms with Gasteiger partial charge in [0.2, 0.25) is 0 Å². The number of hydrogen-bond acceptors (Lipinski definition) is 3. The topological polar surface area (TPSA) is 35.5 Å². The van der Waals surface area contributed by atoms with E-state index >= 15 is 0 Å². The number of esters is 1. The fourth-order valence-electron chi connectivity index (χ4n) is 2.77. The molecule has 0 aliphatic carbocycles. The van der Waals surface area contributed by atoms with E-state index in [1.54, 1.807) is 0 Å². The summed E-state index contributed by atoms with van der Waals surface area (Å²) < 4.78 is 10.6. The second kappa shape index (κ2) is 8.91. The van der Waals surface area contributed by atoms with Crippen molar-refractivity contribution in [1.29, 1.82) is 0 Å². The minimum Gasteiger partial charge on any atom is -0.486 e. The maximum absolute atomic E-state index is 11.4. The Kier molecular flexibility index (Phi) is 7.55. The van der Waals surface area contributed by atoms with Crippen LogP contribution in [-0.2, 0) is 14.3 Å². The lowest BCUT2D eigenvalue weighted by molar-refractivity contribution is -0.135. The highest BCUT2D eigenvalue weighted by Gasteiger charge is 2.25. The maximum Gasteiger partial charge on any atom is 0.334 e. The first-order chi connectivity index (χ1) is 10.0. The summed E-state index contributed by atoms with van der Waals surface area (Å²) in [5, 5.41) is 0. The van der Waals surface area contributed by atoms with Crippen LogP contribution in [-0.4, -0.2) is 19.2 Å². The van der Waals surface area contributed by atoms with Gasteiger partial charge in [0.05, 0.1) is 13.2 Å². The number of allylic oxidation sites excluding steroid dienone is 1. The van der Waals surface area contributed by atoms with Crippen LogP contribution in [0.5, 0.6) is 0 Å². The molecule has 0 N–H and O–H groups in total. The first kappa shape index (κ1) is 17.8. The molecule has 0 aromatic carbocycles. The summed E-state index contributed by atoms with van der Waals surface area (Å²) in [5.74, 6) is 1.78. The number of ether oxygens (including phenoxy) is 2. The second-order valence-corrected chi connectivity index (χ2v) is 5.99. The molecule has 1 aliphatic rings. The Morgan fingerprint density at radius 1 is 1.38 bits per heavy atom. The zero-order chi connectivity index (χ0) is 15.8. The first-order valence-corrected chi connectivity index (χ1v) is 8.21. The predicted molar refractivity (Wildman–Crippen MR) is 85.8 cm³/mol. The Balaban J connectivity index is 2.67. The zero-order valence-corrected chi connectivity index (χ0v) is 14.1. The van der Waals surface area contributed by atoms with Gasteiger partial charge in [-0.05, 0) is 42.7 Å². The van der Waals surface area contributed by atoms with Crippen LogP contribution in [0.2, 0.25) is 0 Å². The van der Waals surface area contributed by atoms with Crippen molar-refractivity contribution in [2.24, 2.45) is 11.8 Å². The van der Waals surface area contributed by atoms with Gasteiger partial charge in [-0.2, -0.15) is 0 Å². The fourth-order valence-corrected chi connectivity index (χ4v) is 2.77. The Bertz CT molecular complexity index is 395. The molecule has 1 unspecified atom stereocenters. The van der Waals surface area contributed by atoms with Gasteiger partial charge in [-0.15, -0.1) is 0 Å². The quantitative estimate of drug-likeness (QED) is 0.483. The third-order valence-corrected chi connectivity index (χ3v) is 4.39. The molecule has 0 radical (unpaired) electrons. The van der Waals surface area contributed by atoms with Gasteiger partial charge in [0.1, 0.15) is 11.9 Å². The van der Waals surface area contributed by atoms with Crippen LogP contribution in [0.1, 0.15) is 59.8 Å². The molecule has 120 valence electrons. The van der Waals surface area contributed by atoms with Crippen molar-refractivity contribution in [2.75, 3.05) is 7.11 Å². The number of carbonyl (C=O) groups is 1. The van der Waals surface area contributed by atoms with Crippen molar-refractivity contribution in [3.05, 3.63) is 23.5 Å². The standard InChI is InChI=1S/C18H30O3/c1-6-13(4)9-14(7-2)10-16-11-15(8-3)17(21-16)12-18(19)20-5/h11-14,16H,6-10H2,1-5H3/b17-12-/t13-,14-,16?/m0/s1. The largest absolute Gasteiger partial charge is 0.486 e. The minimum atomic E-state index is -0.350. The molecular weight excluding hydrogens is 264 g/mol. The molecule has 3 nitrogen and oxygen atoms in total. The third-order valence-electron chi connectivity index (χ3n) is 4.39. The van der Waals surface area contributed by atoms with Crippen LogP contribution in [0.3, 0.4) is 0 Å². The van der Waals surface area contributed by atoms with Crippen LogP contribution in [0.25, 0.3) is 0 Å². The van der Waals surface area contributed by atoms with E-state index in [4.69, 9.17) is 4.74 Å². The van der Waals surface area contributed by atoms with E-state index in [1.807, 2.05) is 0 Å². The highest BCUT2D eigenvalue weighted by Crippen LogP contribution is 2.32. The lowest BCUT2D eigenvalue weighted by Crippen LogP contribution is -2.14. The van der Waals surface area contributed by atoms with E-state index in [-0.39, 0.29) is 12.1 Å². The summed E-state index contributed by atoms with van der Waals surface area (Å²) in [7, 11) is 1.39. The summed E-state index contributed by atoms with van der Waals surface area (Å²) in [4.78, 5) is 11.4. The van der Waals surface area contributed by atoms with E-state index in [0.29, 0.717) is 11.7 Å². The number of carbonyl (C=O) groups excluding carboxylic acids is 1. The molecule has 0 saturated carbocycles. The normalized spacial score (nSPS) is 22.6. The van der Waals surface area contributed by atoms with Crippen molar-refractivity contribution < 1.29 is 14.3 Å². The minimum absolute atomic E-state index is 0.102. The van der Waals surface area contributed by atoms with Crippen LogP contribution < -0.4 is 0 Å². The van der Waals surface area contributed by atoms with Crippen LogP contribution >= 0.6 is 0 Å². The summed E-state index contributed by atoms with van der Waals surface area (Å²) in [6.45, 7) is 8.89. The lowest BCUT2D eigenvalue weighted by Gasteiger charge is -2.21. The van der Waals surface area contributed by atoms with E-state index < -0.39 is 0 Å². The van der Waals surface area contributed by atoms with E-state index in [0.717, 1.165) is 24.3 Å². The molecule has 0 aromatic heterocycles. The zero-order valence-electron chi connectivity index (χ0n) is 14.1. The molecule has 1 heterocycles. The summed E-state index contributed by atoms with van der Waals surface area (Å²) in [5.41, 5.74) is 1.11. The molecule has 21 heavy (non-hydrogen) atoms. The third kappa shape index (κ3) is 5.56. The Morgan fingerprint density at radius 2 is 2.10 bits per heavy atom. The average Bonchev–Trinajstić information content (AvgIpc) is 2.87. The van der Waals surface area contributed by atoms with Crippen LogP contribution in [0, 0.1) is 11.8 Å². The summed E-state index contributed by atoms with van der Waals surface area (Å²) >= 11 is 0. The van der Waals surface area contributed by atoms with Crippen LogP contribution in [0.15, 0.2) is 23.5 Å².